The van der Waals surface area contributed by atoms with Gasteiger partial charge in [0.1, 0.15) is 5.82 Å². The maximum absolute atomic E-state index is 13.9. The molecule has 0 unspecified atom stereocenters. The summed E-state index contributed by atoms with van der Waals surface area (Å²) in [7, 11) is 1.85. The summed E-state index contributed by atoms with van der Waals surface area (Å²) in [6.45, 7) is 0.556. The molecule has 0 radical (unpaired) electrons. The third kappa shape index (κ3) is 3.32. The molecule has 0 heterocycles. The van der Waals surface area contributed by atoms with E-state index in [0.717, 1.165) is 6.42 Å². The maximum atomic E-state index is 13.9. The molecule has 0 amide bonds. The SMILES string of the molecule is CN(CCc1ccccc1)c1c(F)cccc1CO. The molecule has 2 rings (SSSR count). The molecule has 0 fully saturated rings. The van der Waals surface area contributed by atoms with E-state index in [0.29, 0.717) is 17.8 Å². The molecule has 0 aliphatic carbocycles. The zero-order valence-electron chi connectivity index (χ0n) is 11.0. The number of hydrogen-bond donors (Lipinski definition) is 1. The molecule has 2 nitrogen and oxygen atoms in total. The fraction of sp³-hybridized carbons (Fsp3) is 0.250. The molecule has 2 aromatic carbocycles. The van der Waals surface area contributed by atoms with Gasteiger partial charge in [0.2, 0.25) is 0 Å². The average Bonchev–Trinajstić information content (AvgIpc) is 2.45. The third-order valence-corrected chi connectivity index (χ3v) is 3.20. The number of aliphatic hydroxyl groups excluding tert-OH is 1. The third-order valence-electron chi connectivity index (χ3n) is 3.20. The van der Waals surface area contributed by atoms with Crippen LogP contribution in [0.5, 0.6) is 0 Å². The van der Waals surface area contributed by atoms with Crippen molar-refractivity contribution < 1.29 is 9.50 Å². The highest BCUT2D eigenvalue weighted by atomic mass is 19.1. The molecule has 0 atom stereocenters. The van der Waals surface area contributed by atoms with Gasteiger partial charge in [0.15, 0.2) is 0 Å². The number of rotatable bonds is 5. The van der Waals surface area contributed by atoms with Gasteiger partial charge in [-0.1, -0.05) is 42.5 Å². The molecule has 0 aromatic heterocycles. The van der Waals surface area contributed by atoms with Crippen LogP contribution in [0, 0.1) is 5.82 Å². The Bertz CT molecular complexity index is 528. The van der Waals surface area contributed by atoms with Crippen LogP contribution in [0.2, 0.25) is 0 Å². The van der Waals surface area contributed by atoms with Gasteiger partial charge in [0.05, 0.1) is 12.3 Å². The molecule has 0 bridgehead atoms. The highest BCUT2D eigenvalue weighted by Crippen LogP contribution is 2.23. The molecule has 2 aromatic rings. The van der Waals surface area contributed by atoms with Crippen molar-refractivity contribution in [3.8, 4) is 0 Å². The van der Waals surface area contributed by atoms with Crippen LogP contribution in [0.25, 0.3) is 0 Å². The Labute approximate surface area is 113 Å². The van der Waals surface area contributed by atoms with Gasteiger partial charge in [0.25, 0.3) is 0 Å². The second-order valence-electron chi connectivity index (χ2n) is 4.56. The molecule has 1 N–H and O–H groups in total. The van der Waals surface area contributed by atoms with Crippen molar-refractivity contribution in [1.29, 1.82) is 0 Å². The van der Waals surface area contributed by atoms with Gasteiger partial charge in [-0.2, -0.15) is 0 Å². The molecule has 0 spiro atoms. The van der Waals surface area contributed by atoms with Gasteiger partial charge >= 0.3 is 0 Å². The van der Waals surface area contributed by atoms with Crippen molar-refractivity contribution in [1.82, 2.24) is 0 Å². The van der Waals surface area contributed by atoms with Crippen LogP contribution in [0.15, 0.2) is 48.5 Å². The molecular weight excluding hydrogens is 241 g/mol. The summed E-state index contributed by atoms with van der Waals surface area (Å²) >= 11 is 0. The van der Waals surface area contributed by atoms with Crippen LogP contribution in [0.3, 0.4) is 0 Å². The lowest BCUT2D eigenvalue weighted by Gasteiger charge is -2.22. The smallest absolute Gasteiger partial charge is 0.146 e. The van der Waals surface area contributed by atoms with Gasteiger partial charge < -0.3 is 10.0 Å². The lowest BCUT2D eigenvalue weighted by Crippen LogP contribution is -2.23. The molecule has 0 aliphatic heterocycles. The number of halogens is 1. The Kier molecular flexibility index (Phi) is 4.53. The Morgan fingerprint density at radius 3 is 2.47 bits per heavy atom. The van der Waals surface area contributed by atoms with Crippen molar-refractivity contribution >= 4 is 5.69 Å². The minimum atomic E-state index is -0.290. The first-order valence-electron chi connectivity index (χ1n) is 6.35. The van der Waals surface area contributed by atoms with Crippen LogP contribution < -0.4 is 4.90 Å². The number of anilines is 1. The van der Waals surface area contributed by atoms with E-state index in [4.69, 9.17) is 0 Å². The fourth-order valence-electron chi connectivity index (χ4n) is 2.17. The van der Waals surface area contributed by atoms with Gasteiger partial charge in [-0.3, -0.25) is 0 Å². The summed E-state index contributed by atoms with van der Waals surface area (Å²) in [5.74, 6) is -0.290. The van der Waals surface area contributed by atoms with Crippen molar-refractivity contribution in [3.63, 3.8) is 0 Å². The number of hydrogen-bond acceptors (Lipinski definition) is 2. The number of nitrogens with zero attached hydrogens (tertiary/aromatic N) is 1. The minimum Gasteiger partial charge on any atom is -0.392 e. The molecular formula is C16H18FNO. The van der Waals surface area contributed by atoms with Crippen molar-refractivity contribution in [3.05, 3.63) is 65.5 Å². The fourth-order valence-corrected chi connectivity index (χ4v) is 2.17. The Hall–Kier alpha value is -1.87. The molecule has 0 saturated carbocycles. The Balaban J connectivity index is 2.10. The minimum absolute atomic E-state index is 0.150. The van der Waals surface area contributed by atoms with Gasteiger partial charge in [0, 0.05) is 19.2 Å². The normalized spacial score (nSPS) is 10.5. The predicted octanol–water partition coefficient (Wildman–Crippen LogP) is 3.00. The van der Waals surface area contributed by atoms with E-state index >= 15 is 0 Å². The second-order valence-corrected chi connectivity index (χ2v) is 4.56. The van der Waals surface area contributed by atoms with Crippen LogP contribution in [-0.4, -0.2) is 18.7 Å². The average molecular weight is 259 g/mol. The first kappa shape index (κ1) is 13.6. The molecule has 0 aliphatic rings. The lowest BCUT2D eigenvalue weighted by molar-refractivity contribution is 0.281. The van der Waals surface area contributed by atoms with Crippen LogP contribution >= 0.6 is 0 Å². The number of likely N-dealkylation sites (N-methyl/N-ethyl adjacent to an activating group) is 1. The van der Waals surface area contributed by atoms with Crippen molar-refractivity contribution in [2.45, 2.75) is 13.0 Å². The maximum Gasteiger partial charge on any atom is 0.146 e. The predicted molar refractivity (Wildman–Crippen MR) is 75.7 cm³/mol. The summed E-state index contributed by atoms with van der Waals surface area (Å²) < 4.78 is 13.9. The monoisotopic (exact) mass is 259 g/mol. The van der Waals surface area contributed by atoms with E-state index < -0.39 is 0 Å². The number of benzene rings is 2. The Morgan fingerprint density at radius 1 is 1.05 bits per heavy atom. The first-order chi connectivity index (χ1) is 9.22. The van der Waals surface area contributed by atoms with Crippen molar-refractivity contribution in [2.24, 2.45) is 0 Å². The highest BCUT2D eigenvalue weighted by Gasteiger charge is 2.12. The summed E-state index contributed by atoms with van der Waals surface area (Å²) in [5.41, 5.74) is 2.33. The van der Waals surface area contributed by atoms with Crippen molar-refractivity contribution in [2.75, 3.05) is 18.5 Å². The topological polar surface area (TPSA) is 23.5 Å². The summed E-state index contributed by atoms with van der Waals surface area (Å²) in [5, 5.41) is 9.28. The zero-order valence-corrected chi connectivity index (χ0v) is 11.0. The molecule has 100 valence electrons. The molecule has 3 heteroatoms. The van der Waals surface area contributed by atoms with Crippen LogP contribution in [0.1, 0.15) is 11.1 Å². The van der Waals surface area contributed by atoms with Crippen LogP contribution in [-0.2, 0) is 13.0 Å². The molecule has 19 heavy (non-hydrogen) atoms. The van der Waals surface area contributed by atoms with E-state index in [-0.39, 0.29) is 12.4 Å². The summed E-state index contributed by atoms with van der Waals surface area (Å²) in [4.78, 5) is 1.86. The largest absolute Gasteiger partial charge is 0.392 e. The quantitative estimate of drug-likeness (QED) is 0.892. The number of para-hydroxylation sites is 1. The lowest BCUT2D eigenvalue weighted by atomic mass is 10.1. The van der Waals surface area contributed by atoms with Gasteiger partial charge in [-0.15, -0.1) is 0 Å². The second kappa shape index (κ2) is 6.34. The van der Waals surface area contributed by atoms with E-state index in [1.165, 1.54) is 11.6 Å². The van der Waals surface area contributed by atoms with Gasteiger partial charge in [-0.25, -0.2) is 4.39 Å². The van der Waals surface area contributed by atoms with E-state index in [1.807, 2.05) is 30.1 Å². The van der Waals surface area contributed by atoms with E-state index in [2.05, 4.69) is 12.1 Å². The standard InChI is InChI=1S/C16H18FNO/c1-18(11-10-13-6-3-2-4-7-13)16-14(12-19)8-5-9-15(16)17/h2-9,19H,10-12H2,1H3. The Morgan fingerprint density at radius 2 is 1.79 bits per heavy atom. The summed E-state index contributed by atoms with van der Waals surface area (Å²) in [6.07, 6.45) is 0.844. The highest BCUT2D eigenvalue weighted by molar-refractivity contribution is 5.54. The molecule has 0 saturated heterocycles. The van der Waals surface area contributed by atoms with Crippen LogP contribution in [0.4, 0.5) is 10.1 Å². The summed E-state index contributed by atoms with van der Waals surface area (Å²) in [6, 6.07) is 14.9. The van der Waals surface area contributed by atoms with E-state index in [1.54, 1.807) is 12.1 Å². The zero-order chi connectivity index (χ0) is 13.7. The van der Waals surface area contributed by atoms with Gasteiger partial charge in [-0.05, 0) is 18.1 Å². The first-order valence-corrected chi connectivity index (χ1v) is 6.35. The van der Waals surface area contributed by atoms with E-state index in [9.17, 15) is 9.50 Å². The number of aliphatic hydroxyl groups is 1.